The van der Waals surface area contributed by atoms with Gasteiger partial charge in [0.25, 0.3) is 5.91 Å². The maximum atomic E-state index is 15.3. The van der Waals surface area contributed by atoms with Crippen LogP contribution in [0.3, 0.4) is 0 Å². The van der Waals surface area contributed by atoms with E-state index in [1.54, 1.807) is 17.0 Å². The Labute approximate surface area is 334 Å². The van der Waals surface area contributed by atoms with E-state index in [2.05, 4.69) is 32.1 Å². The highest BCUT2D eigenvalue weighted by Crippen LogP contribution is 2.78. The number of aliphatic hydroxyl groups excluding tert-OH is 1. The van der Waals surface area contributed by atoms with Gasteiger partial charge in [0.2, 0.25) is 0 Å². The van der Waals surface area contributed by atoms with E-state index in [0.29, 0.717) is 50.5 Å². The van der Waals surface area contributed by atoms with E-state index in [1.807, 2.05) is 51.1 Å². The smallest absolute Gasteiger partial charge is 0.313 e. The molecule has 9 heteroatoms. The number of aliphatic hydroxyl groups is 2. The number of carbonyl (C=O) groups excluding carboxylic acids is 3. The summed E-state index contributed by atoms with van der Waals surface area (Å²) in [5.41, 5.74) is -4.68. The van der Waals surface area contributed by atoms with Crippen molar-refractivity contribution in [3.05, 3.63) is 94.3 Å². The van der Waals surface area contributed by atoms with Crippen LogP contribution in [-0.4, -0.2) is 56.6 Å². The van der Waals surface area contributed by atoms with Crippen LogP contribution in [0.1, 0.15) is 104 Å². The zero-order chi connectivity index (χ0) is 39.9. The van der Waals surface area contributed by atoms with Crippen molar-refractivity contribution in [2.75, 3.05) is 6.54 Å². The summed E-state index contributed by atoms with van der Waals surface area (Å²) >= 11 is 6.51. The summed E-state index contributed by atoms with van der Waals surface area (Å²) in [6, 6.07) is 14.2. The molecule has 1 aliphatic heterocycles. The molecule has 0 radical (unpaired) electrons. The van der Waals surface area contributed by atoms with Gasteiger partial charge in [-0.05, 0) is 99.7 Å². The average Bonchev–Trinajstić information content (AvgIpc) is 3.61. The van der Waals surface area contributed by atoms with Crippen molar-refractivity contribution >= 4 is 29.3 Å². The Hall–Kier alpha value is -3.33. The molecule has 10 unspecified atom stereocenters. The highest BCUT2D eigenvalue weighted by atomic mass is 35.5. The molecule has 1 heterocycles. The molecular formula is C47H55ClFNO6. The molecule has 2 spiro atoms. The Bertz CT molecular complexity index is 2080. The number of benzene rings is 2. The SMILES string of the molecule is CC12CCC(C(=O)N(Cc3ccccc3)CC3(O)CCC4C56C=CC7(C=C5C(=O)Cc5c(F)cccc5Cl)CC(O)CCC7(C)C6CCC43C)(OC1=O)C2(C)C. The van der Waals surface area contributed by atoms with Gasteiger partial charge in [0.15, 0.2) is 11.4 Å². The molecule has 2 aromatic rings. The molecule has 56 heavy (non-hydrogen) atoms. The van der Waals surface area contributed by atoms with Gasteiger partial charge in [0.05, 0.1) is 23.7 Å². The number of halogens is 2. The van der Waals surface area contributed by atoms with Crippen LogP contribution >= 0.6 is 11.6 Å². The third-order valence-electron chi connectivity index (χ3n) is 17.8. The fourth-order valence-corrected chi connectivity index (χ4v) is 14.1. The lowest BCUT2D eigenvalue weighted by Gasteiger charge is -2.71. The van der Waals surface area contributed by atoms with Gasteiger partial charge in [0, 0.05) is 50.8 Å². The minimum atomic E-state index is -1.34. The second-order valence-corrected chi connectivity index (χ2v) is 20.3. The van der Waals surface area contributed by atoms with Crippen molar-refractivity contribution < 1.29 is 33.7 Å². The van der Waals surface area contributed by atoms with Gasteiger partial charge in [-0.25, -0.2) is 4.39 Å². The third kappa shape index (κ3) is 4.61. The topological polar surface area (TPSA) is 104 Å². The van der Waals surface area contributed by atoms with Crippen LogP contribution < -0.4 is 0 Å². The van der Waals surface area contributed by atoms with Gasteiger partial charge in [-0.3, -0.25) is 14.4 Å². The van der Waals surface area contributed by atoms with Gasteiger partial charge < -0.3 is 19.8 Å². The molecule has 5 fully saturated rings. The molecule has 0 aromatic heterocycles. The van der Waals surface area contributed by atoms with Gasteiger partial charge >= 0.3 is 5.97 Å². The van der Waals surface area contributed by atoms with Crippen LogP contribution in [-0.2, 0) is 32.1 Å². The molecule has 4 saturated carbocycles. The van der Waals surface area contributed by atoms with Crippen molar-refractivity contribution in [3.8, 4) is 0 Å². The van der Waals surface area contributed by atoms with Crippen molar-refractivity contribution in [1.29, 1.82) is 0 Å². The standard InChI is InChI=1S/C47H55ClFNO6/c1-40(2)43(5)20-23-47(40,56-39(43)54)38(53)50(27-29-10-7-6-8-11-29)28-45(55)19-16-37-42(45,4)18-15-36-41(3)17-14-30(51)25-44(41)21-22-46(36,37)32(26-44)35(52)24-31-33(48)12-9-13-34(31)49/h6-13,21-22,26,30,36-37,51,55H,14-20,23-25,27-28H2,1-5H3. The number of Topliss-reactive ketones (excluding diaryl/α,β-unsaturated/α-hetero) is 1. The molecule has 2 N–H and O–H groups in total. The first kappa shape index (κ1) is 38.2. The normalized spacial score (nSPS) is 42.4. The van der Waals surface area contributed by atoms with Gasteiger partial charge in [0.1, 0.15) is 5.82 Å². The molecular weight excluding hydrogens is 729 g/mol. The summed E-state index contributed by atoms with van der Waals surface area (Å²) in [6.07, 6.45) is 11.4. The van der Waals surface area contributed by atoms with Crippen molar-refractivity contribution in [3.63, 3.8) is 0 Å². The quantitative estimate of drug-likeness (QED) is 0.206. The monoisotopic (exact) mass is 783 g/mol. The van der Waals surface area contributed by atoms with Crippen LogP contribution in [0.4, 0.5) is 4.39 Å². The molecule has 7 nitrogen and oxygen atoms in total. The fraction of sp³-hybridized carbons (Fsp3) is 0.596. The number of carbonyl (C=O) groups is 3. The second-order valence-electron chi connectivity index (χ2n) is 19.9. The number of fused-ring (bicyclic) bond motifs is 3. The summed E-state index contributed by atoms with van der Waals surface area (Å²) in [5, 5.41) is 24.6. The van der Waals surface area contributed by atoms with E-state index in [-0.39, 0.29) is 65.0 Å². The van der Waals surface area contributed by atoms with Crippen molar-refractivity contribution in [2.24, 2.45) is 44.3 Å². The Morgan fingerprint density at radius 3 is 2.27 bits per heavy atom. The lowest BCUT2D eigenvalue weighted by Crippen LogP contribution is -2.68. The molecule has 298 valence electrons. The van der Waals surface area contributed by atoms with Gasteiger partial charge in [-0.15, -0.1) is 0 Å². The first-order valence-electron chi connectivity index (χ1n) is 20.7. The molecule has 8 aliphatic rings. The number of esters is 1. The zero-order valence-corrected chi connectivity index (χ0v) is 34.1. The number of allylic oxidation sites excluding steroid dienone is 4. The Morgan fingerprint density at radius 2 is 1.59 bits per heavy atom. The van der Waals surface area contributed by atoms with E-state index < -0.39 is 50.2 Å². The van der Waals surface area contributed by atoms with Crippen LogP contribution in [0.15, 0.2) is 72.3 Å². The van der Waals surface area contributed by atoms with Crippen LogP contribution in [0.5, 0.6) is 0 Å². The Morgan fingerprint density at radius 1 is 0.893 bits per heavy atom. The predicted molar refractivity (Wildman–Crippen MR) is 210 cm³/mol. The number of hydrogen-bond acceptors (Lipinski definition) is 6. The number of nitrogens with zero attached hydrogens (tertiary/aromatic N) is 1. The van der Waals surface area contributed by atoms with Crippen LogP contribution in [0.2, 0.25) is 5.02 Å². The highest BCUT2D eigenvalue weighted by molar-refractivity contribution is 6.31. The molecule has 1 amide bonds. The molecule has 2 aromatic carbocycles. The summed E-state index contributed by atoms with van der Waals surface area (Å²) in [6.45, 7) is 10.6. The second kappa shape index (κ2) is 12.1. The molecule has 10 rings (SSSR count). The lowest BCUT2D eigenvalue weighted by atomic mass is 9.32. The molecule has 7 aliphatic carbocycles. The minimum absolute atomic E-state index is 0.0511. The average molecular weight is 784 g/mol. The van der Waals surface area contributed by atoms with Crippen molar-refractivity contribution in [2.45, 2.75) is 123 Å². The van der Waals surface area contributed by atoms with Gasteiger partial charge in [-0.1, -0.05) is 93.9 Å². The van der Waals surface area contributed by atoms with E-state index in [1.165, 1.54) is 6.07 Å². The summed E-state index contributed by atoms with van der Waals surface area (Å²) < 4.78 is 21.4. The summed E-state index contributed by atoms with van der Waals surface area (Å²) in [5.74, 6) is -1.40. The Balaban J connectivity index is 1.12. The summed E-state index contributed by atoms with van der Waals surface area (Å²) in [7, 11) is 0. The summed E-state index contributed by atoms with van der Waals surface area (Å²) in [4.78, 5) is 45.2. The number of ether oxygens (including phenoxy) is 1. The number of hydrogen-bond donors (Lipinski definition) is 2. The zero-order valence-electron chi connectivity index (χ0n) is 33.3. The van der Waals surface area contributed by atoms with E-state index >= 15 is 9.18 Å². The largest absolute Gasteiger partial charge is 0.448 e. The number of amides is 1. The Kier molecular flexibility index (Phi) is 8.26. The van der Waals surface area contributed by atoms with Crippen molar-refractivity contribution in [1.82, 2.24) is 4.90 Å². The first-order chi connectivity index (χ1) is 26.3. The number of rotatable bonds is 8. The lowest BCUT2D eigenvalue weighted by molar-refractivity contribution is -0.188. The predicted octanol–water partition coefficient (Wildman–Crippen LogP) is 8.33. The minimum Gasteiger partial charge on any atom is -0.448 e. The first-order valence-corrected chi connectivity index (χ1v) is 21.1. The highest BCUT2D eigenvalue weighted by Gasteiger charge is 2.78. The van der Waals surface area contributed by atoms with Gasteiger partial charge in [-0.2, -0.15) is 0 Å². The molecule has 10 atom stereocenters. The fourth-order valence-electron chi connectivity index (χ4n) is 13.9. The van der Waals surface area contributed by atoms with Crippen LogP contribution in [0, 0.1) is 50.1 Å². The molecule has 4 bridgehead atoms. The number of ketones is 1. The van der Waals surface area contributed by atoms with Crippen LogP contribution in [0.25, 0.3) is 0 Å². The maximum absolute atomic E-state index is 15.3. The maximum Gasteiger partial charge on any atom is 0.313 e. The van der Waals surface area contributed by atoms with E-state index in [4.69, 9.17) is 16.3 Å². The van der Waals surface area contributed by atoms with E-state index in [9.17, 15) is 19.8 Å². The molecule has 1 saturated heterocycles. The third-order valence-corrected chi connectivity index (χ3v) is 18.2. The van der Waals surface area contributed by atoms with E-state index in [0.717, 1.165) is 18.4 Å².